The van der Waals surface area contributed by atoms with Crippen LogP contribution in [-0.2, 0) is 0 Å². The van der Waals surface area contributed by atoms with Gasteiger partial charge in [0.15, 0.2) is 0 Å². The van der Waals surface area contributed by atoms with Crippen molar-refractivity contribution >= 4 is 39.9 Å². The summed E-state index contributed by atoms with van der Waals surface area (Å²) in [6, 6.07) is 33.1. The number of rotatable bonds is 5. The smallest absolute Gasteiger partial charge is 0.247 e. The van der Waals surface area contributed by atoms with Crippen LogP contribution >= 0.6 is 11.6 Å². The van der Waals surface area contributed by atoms with Crippen molar-refractivity contribution in [2.75, 3.05) is 24.0 Å². The summed E-state index contributed by atoms with van der Waals surface area (Å²) < 4.78 is 0. The summed E-state index contributed by atoms with van der Waals surface area (Å²) in [5.41, 5.74) is 8.35. The first-order valence-electron chi connectivity index (χ1n) is 12.7. The van der Waals surface area contributed by atoms with Crippen LogP contribution in [-0.4, -0.2) is 29.8 Å². The number of halogens is 1. The van der Waals surface area contributed by atoms with E-state index in [0.717, 1.165) is 45.5 Å². The monoisotopic (exact) mass is 517 g/mol. The van der Waals surface area contributed by atoms with Gasteiger partial charge in [-0.2, -0.15) is 5.10 Å². The maximum Gasteiger partial charge on any atom is 0.247 e. The lowest BCUT2D eigenvalue weighted by Crippen LogP contribution is -2.21. The lowest BCUT2D eigenvalue weighted by atomic mass is 9.97. The number of hydrogen-bond donors (Lipinski definition) is 0. The van der Waals surface area contributed by atoms with E-state index in [0.29, 0.717) is 11.0 Å². The summed E-state index contributed by atoms with van der Waals surface area (Å²) in [7, 11) is 4.11. The van der Waals surface area contributed by atoms with Gasteiger partial charge in [0.05, 0.1) is 23.0 Å². The number of aryl methyl sites for hydroxylation is 1. The number of hydrogen-bond acceptors (Lipinski definition) is 5. The van der Waals surface area contributed by atoms with Crippen molar-refractivity contribution in [2.45, 2.75) is 19.4 Å². The summed E-state index contributed by atoms with van der Waals surface area (Å²) >= 11 is 6.39. The molecule has 0 aliphatic carbocycles. The molecule has 1 atom stereocenters. The molecule has 38 heavy (non-hydrogen) atoms. The predicted molar refractivity (Wildman–Crippen MR) is 158 cm³/mol. The first-order valence-corrected chi connectivity index (χ1v) is 13.1. The fourth-order valence-electron chi connectivity index (χ4n) is 4.89. The third-order valence-electron chi connectivity index (χ3n) is 6.97. The SMILES string of the molecule is Cc1ccc([C@@H]2CC(c3cccc(N(C)C)c3)=NN2c2nc(-c3ccccc3)c3cc(Cl)ccc3n2)cc1. The highest BCUT2D eigenvalue weighted by Crippen LogP contribution is 2.38. The molecule has 0 fully saturated rings. The highest BCUT2D eigenvalue weighted by Gasteiger charge is 2.32. The first kappa shape index (κ1) is 24.1. The molecule has 6 rings (SSSR count). The largest absolute Gasteiger partial charge is 0.378 e. The molecule has 0 saturated carbocycles. The number of benzene rings is 4. The van der Waals surface area contributed by atoms with E-state index in [1.54, 1.807) is 0 Å². The second kappa shape index (κ2) is 9.92. The van der Waals surface area contributed by atoms with Crippen LogP contribution < -0.4 is 9.91 Å². The third-order valence-corrected chi connectivity index (χ3v) is 7.20. The van der Waals surface area contributed by atoms with Crippen LogP contribution in [0.1, 0.15) is 29.2 Å². The van der Waals surface area contributed by atoms with Gasteiger partial charge < -0.3 is 4.90 Å². The zero-order valence-corrected chi connectivity index (χ0v) is 22.4. The fraction of sp³-hybridized carbons (Fsp3) is 0.156. The van der Waals surface area contributed by atoms with E-state index in [1.165, 1.54) is 11.1 Å². The number of aromatic nitrogens is 2. The van der Waals surface area contributed by atoms with Gasteiger partial charge in [0.25, 0.3) is 0 Å². The van der Waals surface area contributed by atoms with Crippen LogP contribution in [0.15, 0.2) is 102 Å². The molecule has 0 unspecified atom stereocenters. The molecule has 1 aromatic heterocycles. The van der Waals surface area contributed by atoms with Gasteiger partial charge in [-0.3, -0.25) is 0 Å². The molecule has 4 aromatic carbocycles. The van der Waals surface area contributed by atoms with Crippen molar-refractivity contribution in [3.8, 4) is 11.3 Å². The Balaban J connectivity index is 1.53. The molecular weight excluding hydrogens is 490 g/mol. The minimum Gasteiger partial charge on any atom is -0.378 e. The molecule has 188 valence electrons. The molecule has 0 bridgehead atoms. The summed E-state index contributed by atoms with van der Waals surface area (Å²) in [5.74, 6) is 0.572. The van der Waals surface area contributed by atoms with E-state index in [9.17, 15) is 0 Å². The Morgan fingerprint density at radius 1 is 0.816 bits per heavy atom. The van der Waals surface area contributed by atoms with E-state index in [4.69, 9.17) is 26.7 Å². The van der Waals surface area contributed by atoms with Gasteiger partial charge in [-0.15, -0.1) is 0 Å². The van der Waals surface area contributed by atoms with Crippen molar-refractivity contribution < 1.29 is 0 Å². The van der Waals surface area contributed by atoms with Gasteiger partial charge in [0.2, 0.25) is 5.95 Å². The molecule has 0 spiro atoms. The van der Waals surface area contributed by atoms with E-state index >= 15 is 0 Å². The van der Waals surface area contributed by atoms with Gasteiger partial charge in [-0.25, -0.2) is 15.0 Å². The van der Waals surface area contributed by atoms with Crippen molar-refractivity contribution in [1.29, 1.82) is 0 Å². The van der Waals surface area contributed by atoms with E-state index < -0.39 is 0 Å². The van der Waals surface area contributed by atoms with Crippen LogP contribution in [0.4, 0.5) is 11.6 Å². The Morgan fingerprint density at radius 3 is 2.34 bits per heavy atom. The van der Waals surface area contributed by atoms with Gasteiger partial charge in [0, 0.05) is 42.2 Å². The summed E-state index contributed by atoms with van der Waals surface area (Å²) in [5, 5.41) is 8.71. The Hall–Kier alpha value is -4.22. The van der Waals surface area contributed by atoms with Crippen molar-refractivity contribution in [3.05, 3.63) is 119 Å². The Morgan fingerprint density at radius 2 is 1.58 bits per heavy atom. The van der Waals surface area contributed by atoms with Gasteiger partial charge in [0.1, 0.15) is 0 Å². The van der Waals surface area contributed by atoms with Crippen LogP contribution in [0.25, 0.3) is 22.2 Å². The zero-order valence-electron chi connectivity index (χ0n) is 21.6. The maximum atomic E-state index is 6.39. The molecule has 5 nitrogen and oxygen atoms in total. The molecule has 1 aliphatic rings. The lowest BCUT2D eigenvalue weighted by molar-refractivity contribution is 0.689. The van der Waals surface area contributed by atoms with Gasteiger partial charge in [-0.1, -0.05) is 83.9 Å². The second-order valence-electron chi connectivity index (χ2n) is 9.87. The van der Waals surface area contributed by atoms with Crippen molar-refractivity contribution in [3.63, 3.8) is 0 Å². The fourth-order valence-corrected chi connectivity index (χ4v) is 5.06. The molecular formula is C32H28ClN5. The topological polar surface area (TPSA) is 44.6 Å². The first-order chi connectivity index (χ1) is 18.5. The molecule has 5 aromatic rings. The van der Waals surface area contributed by atoms with Crippen LogP contribution in [0.3, 0.4) is 0 Å². The average molecular weight is 518 g/mol. The van der Waals surface area contributed by atoms with E-state index in [-0.39, 0.29) is 6.04 Å². The minimum atomic E-state index is -0.0259. The summed E-state index contributed by atoms with van der Waals surface area (Å²) in [4.78, 5) is 12.2. The quantitative estimate of drug-likeness (QED) is 0.240. The molecule has 0 radical (unpaired) electrons. The summed E-state index contributed by atoms with van der Waals surface area (Å²) in [6.07, 6.45) is 0.753. The average Bonchev–Trinajstić information content (AvgIpc) is 3.39. The number of anilines is 2. The number of nitrogens with zero attached hydrogens (tertiary/aromatic N) is 5. The molecule has 6 heteroatoms. The highest BCUT2D eigenvalue weighted by atomic mass is 35.5. The predicted octanol–water partition coefficient (Wildman–Crippen LogP) is 7.68. The highest BCUT2D eigenvalue weighted by molar-refractivity contribution is 6.31. The molecule has 0 N–H and O–H groups in total. The zero-order chi connectivity index (χ0) is 26.2. The van der Waals surface area contributed by atoms with Crippen LogP contribution in [0.5, 0.6) is 0 Å². The molecule has 0 amide bonds. The standard InChI is InChI=1S/C32H28ClN5/c1-21-12-14-22(15-13-21)30-20-29(24-10-7-11-26(18-24)37(2)3)36-38(30)32-34-28-17-16-25(33)19-27(28)31(35-32)23-8-5-4-6-9-23/h4-19,30H,20H2,1-3H3/t30-/m0/s1. The molecule has 2 heterocycles. The molecule has 0 saturated heterocycles. The maximum absolute atomic E-state index is 6.39. The van der Waals surface area contributed by atoms with Crippen molar-refractivity contribution in [2.24, 2.45) is 5.10 Å². The van der Waals surface area contributed by atoms with Gasteiger partial charge in [-0.05, 0) is 48.4 Å². The van der Waals surface area contributed by atoms with E-state index in [1.807, 2.05) is 41.4 Å². The number of hydrazone groups is 1. The summed E-state index contributed by atoms with van der Waals surface area (Å²) in [6.45, 7) is 2.11. The Bertz CT molecular complexity index is 1640. The Labute approximate surface area is 228 Å². The third kappa shape index (κ3) is 4.61. The number of fused-ring (bicyclic) bond motifs is 1. The molecule has 1 aliphatic heterocycles. The lowest BCUT2D eigenvalue weighted by Gasteiger charge is -2.23. The minimum absolute atomic E-state index is 0.0259. The second-order valence-corrected chi connectivity index (χ2v) is 10.3. The van der Waals surface area contributed by atoms with Crippen LogP contribution in [0.2, 0.25) is 5.02 Å². The normalized spacial score (nSPS) is 15.1. The van der Waals surface area contributed by atoms with E-state index in [2.05, 4.69) is 86.6 Å². The van der Waals surface area contributed by atoms with Crippen LogP contribution in [0, 0.1) is 6.92 Å². The van der Waals surface area contributed by atoms with Gasteiger partial charge >= 0.3 is 0 Å². The Kier molecular flexibility index (Phi) is 6.30. The van der Waals surface area contributed by atoms with Crippen molar-refractivity contribution in [1.82, 2.24) is 9.97 Å².